The first kappa shape index (κ1) is 15.4. The number of piperidine rings is 1. The molecule has 1 aliphatic heterocycles. The topological polar surface area (TPSA) is 37.0 Å². The summed E-state index contributed by atoms with van der Waals surface area (Å²) in [4.78, 5) is 6.69. The smallest absolute Gasteiger partial charge is 0.114 e. The number of aryl methyl sites for hydroxylation is 2. The number of nitrogens with one attached hydrogen (secondary N) is 2. The highest BCUT2D eigenvalue weighted by molar-refractivity contribution is 7.11. The molecule has 4 heteroatoms. The van der Waals surface area contributed by atoms with Crippen LogP contribution in [0.1, 0.15) is 62.0 Å². The van der Waals surface area contributed by atoms with Gasteiger partial charge in [0.15, 0.2) is 0 Å². The quantitative estimate of drug-likeness (QED) is 0.896. The first-order chi connectivity index (χ1) is 10.2. The molecular weight excluding hydrogens is 278 g/mol. The Hall–Kier alpha value is -0.450. The van der Waals surface area contributed by atoms with Crippen molar-refractivity contribution in [3.63, 3.8) is 0 Å². The summed E-state index contributed by atoms with van der Waals surface area (Å²) in [5, 5.41) is 8.88. The fourth-order valence-electron chi connectivity index (χ4n) is 4.02. The van der Waals surface area contributed by atoms with E-state index in [4.69, 9.17) is 4.98 Å². The molecular formula is C17H29N3S. The summed E-state index contributed by atoms with van der Waals surface area (Å²) in [6, 6.07) is 0.498. The first-order valence-corrected chi connectivity index (χ1v) is 9.45. The van der Waals surface area contributed by atoms with Crippen LogP contribution in [0, 0.1) is 5.92 Å². The van der Waals surface area contributed by atoms with Gasteiger partial charge in [-0.25, -0.2) is 4.98 Å². The van der Waals surface area contributed by atoms with E-state index in [0.29, 0.717) is 12.0 Å². The molecule has 0 aromatic carbocycles. The Labute approximate surface area is 132 Å². The van der Waals surface area contributed by atoms with Gasteiger partial charge in [-0.1, -0.05) is 6.92 Å². The molecule has 3 rings (SSSR count). The van der Waals surface area contributed by atoms with Crippen molar-refractivity contribution in [2.75, 3.05) is 13.1 Å². The monoisotopic (exact) mass is 307 g/mol. The standard InChI is InChI=1S/C17H29N3S/c1-4-13-11-18-10-9-17(13,20-12(2)3)16-19-14-7-5-6-8-15(14)21-16/h12-13,18,20H,4-11H2,1-3H3. The second-order valence-electron chi connectivity index (χ2n) is 6.93. The number of nitrogens with zero attached hydrogens (tertiary/aromatic N) is 1. The van der Waals surface area contributed by atoms with Crippen molar-refractivity contribution >= 4 is 11.3 Å². The summed E-state index contributed by atoms with van der Waals surface area (Å²) in [7, 11) is 0. The van der Waals surface area contributed by atoms with E-state index in [1.165, 1.54) is 42.8 Å². The van der Waals surface area contributed by atoms with Gasteiger partial charge in [-0.3, -0.25) is 0 Å². The zero-order chi connectivity index (χ0) is 14.9. The van der Waals surface area contributed by atoms with Crippen LogP contribution >= 0.6 is 11.3 Å². The lowest BCUT2D eigenvalue weighted by Crippen LogP contribution is -2.58. The number of fused-ring (bicyclic) bond motifs is 1. The second-order valence-corrected chi connectivity index (χ2v) is 8.01. The first-order valence-electron chi connectivity index (χ1n) is 8.63. The second kappa shape index (κ2) is 6.35. The molecule has 2 aliphatic rings. The Kier molecular flexibility index (Phi) is 4.67. The van der Waals surface area contributed by atoms with E-state index >= 15 is 0 Å². The highest BCUT2D eigenvalue weighted by Crippen LogP contribution is 2.41. The molecule has 1 aliphatic carbocycles. The molecule has 2 unspecified atom stereocenters. The van der Waals surface area contributed by atoms with Crippen LogP contribution in [0.5, 0.6) is 0 Å². The van der Waals surface area contributed by atoms with Gasteiger partial charge in [-0.05, 0) is 64.8 Å². The Bertz CT molecular complexity index is 459. The molecule has 0 bridgehead atoms. The van der Waals surface area contributed by atoms with Crippen molar-refractivity contribution in [1.29, 1.82) is 0 Å². The number of rotatable bonds is 4. The number of aromatic nitrogens is 1. The minimum absolute atomic E-state index is 0.0934. The minimum Gasteiger partial charge on any atom is -0.316 e. The van der Waals surface area contributed by atoms with Crippen LogP contribution in [0.15, 0.2) is 0 Å². The van der Waals surface area contributed by atoms with Crippen molar-refractivity contribution in [2.45, 2.75) is 70.9 Å². The molecule has 2 N–H and O–H groups in total. The van der Waals surface area contributed by atoms with Crippen LogP contribution in [0.25, 0.3) is 0 Å². The Morgan fingerprint density at radius 2 is 2.19 bits per heavy atom. The van der Waals surface area contributed by atoms with E-state index in [2.05, 4.69) is 31.4 Å². The van der Waals surface area contributed by atoms with E-state index in [9.17, 15) is 0 Å². The van der Waals surface area contributed by atoms with Gasteiger partial charge < -0.3 is 10.6 Å². The molecule has 1 saturated heterocycles. The molecule has 0 saturated carbocycles. The maximum Gasteiger partial charge on any atom is 0.114 e. The number of hydrogen-bond acceptors (Lipinski definition) is 4. The SMILES string of the molecule is CCC1CNCCC1(NC(C)C)c1nc2c(s1)CCCC2. The molecule has 0 spiro atoms. The van der Waals surface area contributed by atoms with Gasteiger partial charge in [0.2, 0.25) is 0 Å². The predicted octanol–water partition coefficient (Wildman–Crippen LogP) is 3.23. The zero-order valence-corrected chi connectivity index (χ0v) is 14.5. The number of thiazole rings is 1. The van der Waals surface area contributed by atoms with E-state index in [0.717, 1.165) is 19.5 Å². The van der Waals surface area contributed by atoms with E-state index in [1.807, 2.05) is 11.3 Å². The van der Waals surface area contributed by atoms with Gasteiger partial charge in [-0.15, -0.1) is 11.3 Å². The van der Waals surface area contributed by atoms with Crippen molar-refractivity contribution in [1.82, 2.24) is 15.6 Å². The van der Waals surface area contributed by atoms with E-state index in [-0.39, 0.29) is 5.54 Å². The maximum absolute atomic E-state index is 5.13. The van der Waals surface area contributed by atoms with Gasteiger partial charge in [-0.2, -0.15) is 0 Å². The summed E-state index contributed by atoms with van der Waals surface area (Å²) in [5.74, 6) is 0.640. The van der Waals surface area contributed by atoms with Gasteiger partial charge in [0.05, 0.1) is 11.2 Å². The van der Waals surface area contributed by atoms with Crippen LogP contribution < -0.4 is 10.6 Å². The molecule has 2 heterocycles. The third kappa shape index (κ3) is 2.90. The van der Waals surface area contributed by atoms with Gasteiger partial charge in [0, 0.05) is 17.5 Å². The third-order valence-electron chi connectivity index (χ3n) is 5.05. The van der Waals surface area contributed by atoms with Crippen LogP contribution in [-0.2, 0) is 18.4 Å². The molecule has 1 fully saturated rings. The molecule has 2 atom stereocenters. The van der Waals surface area contributed by atoms with Crippen LogP contribution in [0.3, 0.4) is 0 Å². The van der Waals surface area contributed by atoms with E-state index < -0.39 is 0 Å². The molecule has 1 aromatic rings. The van der Waals surface area contributed by atoms with Gasteiger partial charge in [0.25, 0.3) is 0 Å². The normalized spacial score (nSPS) is 29.6. The Morgan fingerprint density at radius 3 is 2.90 bits per heavy atom. The molecule has 0 amide bonds. The van der Waals surface area contributed by atoms with Crippen LogP contribution in [0.2, 0.25) is 0 Å². The highest BCUT2D eigenvalue weighted by Gasteiger charge is 2.44. The van der Waals surface area contributed by atoms with Gasteiger partial charge >= 0.3 is 0 Å². The average Bonchev–Trinajstić information content (AvgIpc) is 2.91. The fourth-order valence-corrected chi connectivity index (χ4v) is 5.44. The molecule has 1 aromatic heterocycles. The van der Waals surface area contributed by atoms with Crippen LogP contribution in [-0.4, -0.2) is 24.1 Å². The average molecular weight is 308 g/mol. The van der Waals surface area contributed by atoms with Crippen molar-refractivity contribution in [3.8, 4) is 0 Å². The molecule has 0 radical (unpaired) electrons. The summed E-state index contributed by atoms with van der Waals surface area (Å²) in [6.45, 7) is 9.07. The predicted molar refractivity (Wildman–Crippen MR) is 90.0 cm³/mol. The third-order valence-corrected chi connectivity index (χ3v) is 6.39. The maximum atomic E-state index is 5.13. The van der Waals surface area contributed by atoms with Gasteiger partial charge in [0.1, 0.15) is 5.01 Å². The largest absolute Gasteiger partial charge is 0.316 e. The molecule has 21 heavy (non-hydrogen) atoms. The molecule has 3 nitrogen and oxygen atoms in total. The van der Waals surface area contributed by atoms with Crippen molar-refractivity contribution in [3.05, 3.63) is 15.6 Å². The Balaban J connectivity index is 1.99. The summed E-state index contributed by atoms with van der Waals surface area (Å²) >= 11 is 2.00. The minimum atomic E-state index is 0.0934. The van der Waals surface area contributed by atoms with Crippen molar-refractivity contribution < 1.29 is 0 Å². The zero-order valence-electron chi connectivity index (χ0n) is 13.7. The Morgan fingerprint density at radius 1 is 1.38 bits per heavy atom. The lowest BCUT2D eigenvalue weighted by Gasteiger charge is -2.45. The lowest BCUT2D eigenvalue weighted by molar-refractivity contribution is 0.137. The number of hydrogen-bond donors (Lipinski definition) is 2. The van der Waals surface area contributed by atoms with E-state index in [1.54, 1.807) is 4.88 Å². The van der Waals surface area contributed by atoms with Crippen LogP contribution in [0.4, 0.5) is 0 Å². The summed E-state index contributed by atoms with van der Waals surface area (Å²) < 4.78 is 0. The molecule has 118 valence electrons. The fraction of sp³-hybridized carbons (Fsp3) is 0.824. The highest BCUT2D eigenvalue weighted by atomic mass is 32.1. The summed E-state index contributed by atoms with van der Waals surface area (Å²) in [5.41, 5.74) is 1.50. The van der Waals surface area contributed by atoms with Crippen molar-refractivity contribution in [2.24, 2.45) is 5.92 Å². The summed E-state index contributed by atoms with van der Waals surface area (Å²) in [6.07, 6.45) is 7.48. The lowest BCUT2D eigenvalue weighted by atomic mass is 9.76.